The molecule has 0 radical (unpaired) electrons. The fraction of sp³-hybridized carbons (Fsp3) is 0.263. The maximum absolute atomic E-state index is 13.2. The van der Waals surface area contributed by atoms with Crippen molar-refractivity contribution in [2.24, 2.45) is 4.99 Å². The fourth-order valence-electron chi connectivity index (χ4n) is 2.59. The van der Waals surface area contributed by atoms with Gasteiger partial charge in [0.1, 0.15) is 31.7 Å². The second-order valence-electron chi connectivity index (χ2n) is 5.63. The molecule has 0 saturated carbocycles. The van der Waals surface area contributed by atoms with Crippen LogP contribution in [0.1, 0.15) is 17.2 Å². The summed E-state index contributed by atoms with van der Waals surface area (Å²) < 4.78 is 29.9. The van der Waals surface area contributed by atoms with E-state index in [-0.39, 0.29) is 18.1 Å². The lowest BCUT2D eigenvalue weighted by Gasteiger charge is -2.20. The summed E-state index contributed by atoms with van der Waals surface area (Å²) in [5, 5.41) is 0. The number of ether oxygens (including phenoxy) is 3. The molecule has 1 atom stereocenters. The van der Waals surface area contributed by atoms with E-state index in [9.17, 15) is 9.18 Å². The van der Waals surface area contributed by atoms with Crippen molar-refractivity contribution in [3.8, 4) is 11.5 Å². The van der Waals surface area contributed by atoms with Crippen LogP contribution in [0.3, 0.4) is 0 Å². The summed E-state index contributed by atoms with van der Waals surface area (Å²) in [6.45, 7) is 0.925. The number of methoxy groups -OCH3 is 1. The van der Waals surface area contributed by atoms with Gasteiger partial charge in [0, 0.05) is 13.3 Å². The van der Waals surface area contributed by atoms with E-state index >= 15 is 0 Å². The molecule has 1 unspecified atom stereocenters. The summed E-state index contributed by atoms with van der Waals surface area (Å²) in [5.41, 5.74) is 1.38. The molecule has 3 rings (SSSR count). The monoisotopic (exact) mass is 421 g/mol. The van der Waals surface area contributed by atoms with E-state index in [1.165, 1.54) is 19.4 Å². The molecule has 0 aliphatic carbocycles. The Morgan fingerprint density at radius 3 is 2.77 bits per heavy atom. The lowest BCUT2D eigenvalue weighted by molar-refractivity contribution is -0.127. The minimum atomic E-state index is -0.747. The first kappa shape index (κ1) is 18.5. The topological polar surface area (TPSA) is 57.1 Å². The van der Waals surface area contributed by atoms with E-state index in [2.05, 4.69) is 20.9 Å². The Bertz CT molecular complexity index is 840. The lowest BCUT2D eigenvalue weighted by Crippen LogP contribution is -2.19. The van der Waals surface area contributed by atoms with Crippen molar-refractivity contribution in [3.05, 3.63) is 57.8 Å². The number of aliphatic imine (C=N–C) groups is 1. The maximum atomic E-state index is 13.2. The van der Waals surface area contributed by atoms with Gasteiger partial charge in [-0.05, 0) is 51.3 Å². The predicted molar refractivity (Wildman–Crippen MR) is 98.8 cm³/mol. The van der Waals surface area contributed by atoms with Crippen LogP contribution in [-0.2, 0) is 9.53 Å². The van der Waals surface area contributed by atoms with E-state index in [1.807, 2.05) is 0 Å². The summed E-state index contributed by atoms with van der Waals surface area (Å²) in [5.74, 6) is 0.711. The standard InChI is InChI=1S/C19H17BrFNO4/c1-24-19(13-3-5-17-18(9-13)26-7-6-25-17)16(23)11-22-10-12-2-4-15(21)14(20)8-12/h2-5,8-10,19H,6-7,11H2,1H3. The Morgan fingerprint density at radius 2 is 2.04 bits per heavy atom. The number of ketones is 1. The largest absolute Gasteiger partial charge is 0.486 e. The number of hydrogen-bond donors (Lipinski definition) is 0. The first-order valence-electron chi connectivity index (χ1n) is 7.98. The van der Waals surface area contributed by atoms with Gasteiger partial charge in [0.15, 0.2) is 17.3 Å². The molecule has 2 aromatic rings. The molecular formula is C19H17BrFNO4. The van der Waals surface area contributed by atoms with Gasteiger partial charge in [-0.3, -0.25) is 9.79 Å². The molecule has 2 aromatic carbocycles. The quantitative estimate of drug-likeness (QED) is 0.666. The highest BCUT2D eigenvalue weighted by Crippen LogP contribution is 2.33. The van der Waals surface area contributed by atoms with Crippen LogP contribution in [0.2, 0.25) is 0 Å². The first-order chi connectivity index (χ1) is 12.6. The normalized spacial score (nSPS) is 14.4. The van der Waals surface area contributed by atoms with Gasteiger partial charge < -0.3 is 14.2 Å². The smallest absolute Gasteiger partial charge is 0.187 e. The van der Waals surface area contributed by atoms with Gasteiger partial charge in [-0.2, -0.15) is 0 Å². The zero-order valence-electron chi connectivity index (χ0n) is 14.1. The number of fused-ring (bicyclic) bond motifs is 1. The zero-order valence-corrected chi connectivity index (χ0v) is 15.7. The number of benzene rings is 2. The van der Waals surface area contributed by atoms with Gasteiger partial charge in [0.25, 0.3) is 0 Å². The van der Waals surface area contributed by atoms with Crippen LogP contribution in [0.25, 0.3) is 0 Å². The molecule has 136 valence electrons. The molecule has 7 heteroatoms. The lowest BCUT2D eigenvalue weighted by atomic mass is 10.0. The SMILES string of the molecule is COC(C(=O)CN=Cc1ccc(F)c(Br)c1)c1ccc2c(c1)OCCO2. The summed E-state index contributed by atoms with van der Waals surface area (Å²) in [6, 6.07) is 9.81. The van der Waals surface area contributed by atoms with Crippen molar-refractivity contribution >= 4 is 27.9 Å². The van der Waals surface area contributed by atoms with Crippen molar-refractivity contribution < 1.29 is 23.4 Å². The van der Waals surface area contributed by atoms with E-state index in [0.29, 0.717) is 40.3 Å². The minimum Gasteiger partial charge on any atom is -0.486 e. The number of nitrogens with zero attached hydrogens (tertiary/aromatic N) is 1. The molecule has 26 heavy (non-hydrogen) atoms. The predicted octanol–water partition coefficient (Wildman–Crippen LogP) is 3.74. The summed E-state index contributed by atoms with van der Waals surface area (Å²) >= 11 is 3.12. The molecule has 0 bridgehead atoms. The van der Waals surface area contributed by atoms with Gasteiger partial charge in [0.2, 0.25) is 0 Å². The zero-order chi connectivity index (χ0) is 18.5. The average Bonchev–Trinajstić information content (AvgIpc) is 2.65. The molecule has 0 spiro atoms. The summed E-state index contributed by atoms with van der Waals surface area (Å²) in [4.78, 5) is 16.6. The first-order valence-corrected chi connectivity index (χ1v) is 8.77. The number of carbonyl (C=O) groups excluding carboxylic acids is 1. The van der Waals surface area contributed by atoms with E-state index in [1.54, 1.807) is 30.3 Å². The van der Waals surface area contributed by atoms with Crippen LogP contribution in [0.4, 0.5) is 4.39 Å². The number of carbonyl (C=O) groups is 1. The van der Waals surface area contributed by atoms with Gasteiger partial charge in [0.05, 0.1) is 4.47 Å². The summed E-state index contributed by atoms with van der Waals surface area (Å²) in [7, 11) is 1.47. The second kappa shape index (κ2) is 8.42. The number of Topliss-reactive ketones (excluding diaryl/α,β-unsaturated/α-hetero) is 1. The molecule has 0 saturated heterocycles. The molecular weight excluding hydrogens is 405 g/mol. The van der Waals surface area contributed by atoms with E-state index in [4.69, 9.17) is 14.2 Å². The fourth-order valence-corrected chi connectivity index (χ4v) is 2.99. The molecule has 0 N–H and O–H groups in total. The van der Waals surface area contributed by atoms with Gasteiger partial charge in [-0.25, -0.2) is 4.39 Å². The Kier molecular flexibility index (Phi) is 6.00. The molecule has 5 nitrogen and oxygen atoms in total. The summed E-state index contributed by atoms with van der Waals surface area (Å²) in [6.07, 6.45) is 0.779. The third-order valence-corrected chi connectivity index (χ3v) is 4.44. The van der Waals surface area contributed by atoms with Crippen molar-refractivity contribution in [2.75, 3.05) is 26.9 Å². The second-order valence-corrected chi connectivity index (χ2v) is 6.48. The van der Waals surface area contributed by atoms with Gasteiger partial charge in [-0.15, -0.1) is 0 Å². The van der Waals surface area contributed by atoms with Gasteiger partial charge in [-0.1, -0.05) is 12.1 Å². The van der Waals surface area contributed by atoms with E-state index in [0.717, 1.165) is 0 Å². The van der Waals surface area contributed by atoms with Crippen LogP contribution in [0, 0.1) is 5.82 Å². The van der Waals surface area contributed by atoms with Crippen LogP contribution in [0.5, 0.6) is 11.5 Å². The highest BCUT2D eigenvalue weighted by atomic mass is 79.9. The highest BCUT2D eigenvalue weighted by molar-refractivity contribution is 9.10. The highest BCUT2D eigenvalue weighted by Gasteiger charge is 2.22. The van der Waals surface area contributed by atoms with Crippen molar-refractivity contribution in [1.82, 2.24) is 0 Å². The number of rotatable bonds is 6. The maximum Gasteiger partial charge on any atom is 0.187 e. The molecule has 0 fully saturated rings. The van der Waals surface area contributed by atoms with Crippen LogP contribution in [0.15, 0.2) is 45.9 Å². The Labute approximate surface area is 158 Å². The molecule has 0 aromatic heterocycles. The molecule has 1 aliphatic heterocycles. The van der Waals surface area contributed by atoms with Gasteiger partial charge >= 0.3 is 0 Å². The molecule has 1 aliphatic rings. The molecule has 0 amide bonds. The Morgan fingerprint density at radius 1 is 1.27 bits per heavy atom. The average molecular weight is 422 g/mol. The van der Waals surface area contributed by atoms with Crippen molar-refractivity contribution in [2.45, 2.75) is 6.10 Å². The van der Waals surface area contributed by atoms with Crippen molar-refractivity contribution in [3.63, 3.8) is 0 Å². The van der Waals surface area contributed by atoms with Crippen LogP contribution < -0.4 is 9.47 Å². The van der Waals surface area contributed by atoms with Crippen LogP contribution in [-0.4, -0.2) is 38.9 Å². The van der Waals surface area contributed by atoms with Crippen LogP contribution >= 0.6 is 15.9 Å². The third kappa shape index (κ3) is 4.28. The van der Waals surface area contributed by atoms with E-state index < -0.39 is 6.10 Å². The Balaban J connectivity index is 1.68. The third-order valence-electron chi connectivity index (χ3n) is 3.83. The van der Waals surface area contributed by atoms with Crippen molar-refractivity contribution in [1.29, 1.82) is 0 Å². The number of hydrogen-bond acceptors (Lipinski definition) is 5. The minimum absolute atomic E-state index is 0.0536. The number of halogens is 2. The molecule has 1 heterocycles. The Hall–Kier alpha value is -2.25.